The predicted octanol–water partition coefficient (Wildman–Crippen LogP) is 4.42. The molecule has 0 radical (unpaired) electrons. The molecule has 0 unspecified atom stereocenters. The first-order valence-electron chi connectivity index (χ1n) is 9.23. The van der Waals surface area contributed by atoms with E-state index in [1.54, 1.807) is 42.3 Å². The van der Waals surface area contributed by atoms with Gasteiger partial charge in [0.25, 0.3) is 5.91 Å². The average Bonchev–Trinajstić information content (AvgIpc) is 2.71. The minimum atomic E-state index is -4.73. The van der Waals surface area contributed by atoms with Gasteiger partial charge in [0.2, 0.25) is 0 Å². The Kier molecular flexibility index (Phi) is 6.64. The maximum absolute atomic E-state index is 12.8. The largest absolute Gasteiger partial charge is 0.573 e. The van der Waals surface area contributed by atoms with Crippen molar-refractivity contribution in [3.63, 3.8) is 0 Å². The zero-order valence-electron chi connectivity index (χ0n) is 15.9. The molecule has 0 N–H and O–H groups in total. The van der Waals surface area contributed by atoms with Crippen LogP contribution in [0.25, 0.3) is 0 Å². The Labute approximate surface area is 167 Å². The number of amides is 1. The molecular formula is C21H22F3NO4. The molecule has 0 aliphatic carbocycles. The second-order valence-electron chi connectivity index (χ2n) is 6.75. The average molecular weight is 409 g/mol. The fourth-order valence-corrected chi connectivity index (χ4v) is 3.24. The molecule has 1 atom stereocenters. The second kappa shape index (κ2) is 9.17. The first kappa shape index (κ1) is 21.0. The maximum atomic E-state index is 12.8. The van der Waals surface area contributed by atoms with Gasteiger partial charge in [-0.3, -0.25) is 4.79 Å². The summed E-state index contributed by atoms with van der Waals surface area (Å²) >= 11 is 0. The molecule has 0 saturated carbocycles. The maximum Gasteiger partial charge on any atom is 0.573 e. The van der Waals surface area contributed by atoms with Gasteiger partial charge in [-0.05, 0) is 48.7 Å². The minimum Gasteiger partial charge on any atom is -0.497 e. The molecule has 0 bridgehead atoms. The van der Waals surface area contributed by atoms with Crippen molar-refractivity contribution in [2.45, 2.75) is 31.9 Å². The number of ether oxygens (including phenoxy) is 3. The van der Waals surface area contributed by atoms with Crippen molar-refractivity contribution in [2.75, 3.05) is 20.2 Å². The van der Waals surface area contributed by atoms with E-state index in [0.717, 1.165) is 12.8 Å². The lowest BCUT2D eigenvalue weighted by atomic mass is 10.1. The normalized spacial score (nSPS) is 17.1. The lowest BCUT2D eigenvalue weighted by Crippen LogP contribution is -2.43. The topological polar surface area (TPSA) is 48.0 Å². The van der Waals surface area contributed by atoms with Crippen LogP contribution in [0.1, 0.15) is 28.8 Å². The molecule has 2 aromatic rings. The van der Waals surface area contributed by atoms with E-state index < -0.39 is 6.36 Å². The molecule has 5 nitrogen and oxygen atoms in total. The summed E-state index contributed by atoms with van der Waals surface area (Å²) in [4.78, 5) is 14.5. The van der Waals surface area contributed by atoms with Crippen LogP contribution in [0.4, 0.5) is 13.2 Å². The zero-order valence-corrected chi connectivity index (χ0v) is 15.9. The van der Waals surface area contributed by atoms with Gasteiger partial charge < -0.3 is 19.1 Å². The second-order valence-corrected chi connectivity index (χ2v) is 6.75. The summed E-state index contributed by atoms with van der Waals surface area (Å²) in [6, 6.07) is 12.7. The van der Waals surface area contributed by atoms with E-state index >= 15 is 0 Å². The smallest absolute Gasteiger partial charge is 0.497 e. The van der Waals surface area contributed by atoms with Crippen molar-refractivity contribution < 1.29 is 32.2 Å². The van der Waals surface area contributed by atoms with Crippen molar-refractivity contribution in [3.8, 4) is 11.5 Å². The van der Waals surface area contributed by atoms with Crippen molar-refractivity contribution in [3.05, 3.63) is 59.7 Å². The Morgan fingerprint density at radius 3 is 2.66 bits per heavy atom. The molecule has 0 spiro atoms. The molecule has 8 heteroatoms. The molecule has 2 aromatic carbocycles. The Bertz CT molecular complexity index is 841. The van der Waals surface area contributed by atoms with Crippen LogP contribution < -0.4 is 9.47 Å². The minimum absolute atomic E-state index is 0.0993. The van der Waals surface area contributed by atoms with Crippen LogP contribution in [0.15, 0.2) is 48.5 Å². The summed E-state index contributed by atoms with van der Waals surface area (Å²) in [6.07, 6.45) is -3.35. The predicted molar refractivity (Wildman–Crippen MR) is 99.8 cm³/mol. The van der Waals surface area contributed by atoms with Gasteiger partial charge in [0.05, 0.1) is 19.8 Å². The molecule has 29 heavy (non-hydrogen) atoms. The Hall–Kier alpha value is -2.74. The number of nitrogens with zero attached hydrogens (tertiary/aromatic N) is 1. The highest BCUT2D eigenvalue weighted by atomic mass is 19.4. The highest BCUT2D eigenvalue weighted by molar-refractivity contribution is 5.94. The van der Waals surface area contributed by atoms with E-state index in [4.69, 9.17) is 9.47 Å². The fraction of sp³-hybridized carbons (Fsp3) is 0.381. The Morgan fingerprint density at radius 1 is 1.14 bits per heavy atom. The molecular weight excluding hydrogens is 387 g/mol. The molecule has 156 valence electrons. The third kappa shape index (κ3) is 6.12. The highest BCUT2D eigenvalue weighted by Gasteiger charge is 2.31. The van der Waals surface area contributed by atoms with Crippen LogP contribution >= 0.6 is 0 Å². The molecule has 1 heterocycles. The number of hydrogen-bond acceptors (Lipinski definition) is 4. The van der Waals surface area contributed by atoms with E-state index in [2.05, 4.69) is 4.74 Å². The number of likely N-dealkylation sites (tertiary alicyclic amines) is 1. The van der Waals surface area contributed by atoms with Gasteiger partial charge in [0, 0.05) is 18.7 Å². The van der Waals surface area contributed by atoms with Crippen LogP contribution in [0, 0.1) is 0 Å². The summed E-state index contributed by atoms with van der Waals surface area (Å²) in [5, 5.41) is 0. The van der Waals surface area contributed by atoms with Crippen LogP contribution in [-0.4, -0.2) is 43.5 Å². The number of benzene rings is 2. The van der Waals surface area contributed by atoms with E-state index in [0.29, 0.717) is 30.0 Å². The number of piperidine rings is 1. The number of hydrogen-bond donors (Lipinski definition) is 0. The Morgan fingerprint density at radius 2 is 1.90 bits per heavy atom. The molecule has 3 rings (SSSR count). The first-order chi connectivity index (χ1) is 13.8. The number of methoxy groups -OCH3 is 1. The van der Waals surface area contributed by atoms with E-state index in [1.807, 2.05) is 0 Å². The van der Waals surface area contributed by atoms with Crippen LogP contribution in [0.3, 0.4) is 0 Å². The summed E-state index contributed by atoms with van der Waals surface area (Å²) < 4.78 is 52.0. The number of carbonyl (C=O) groups is 1. The van der Waals surface area contributed by atoms with Crippen molar-refractivity contribution in [1.29, 1.82) is 0 Å². The number of halogens is 3. The van der Waals surface area contributed by atoms with E-state index in [1.165, 1.54) is 18.2 Å². The molecule has 1 aliphatic rings. The van der Waals surface area contributed by atoms with Gasteiger partial charge in [-0.15, -0.1) is 13.2 Å². The van der Waals surface area contributed by atoms with Crippen LogP contribution in [-0.2, 0) is 11.3 Å². The summed E-state index contributed by atoms with van der Waals surface area (Å²) in [6.45, 7) is 1.19. The van der Waals surface area contributed by atoms with Gasteiger partial charge in [0.15, 0.2) is 0 Å². The first-order valence-corrected chi connectivity index (χ1v) is 9.23. The third-order valence-electron chi connectivity index (χ3n) is 4.60. The molecule has 1 fully saturated rings. The number of carbonyl (C=O) groups excluding carboxylic acids is 1. The summed E-state index contributed by atoms with van der Waals surface area (Å²) in [7, 11) is 1.54. The molecule has 0 aromatic heterocycles. The van der Waals surface area contributed by atoms with Crippen LogP contribution in [0.5, 0.6) is 11.5 Å². The van der Waals surface area contributed by atoms with Gasteiger partial charge >= 0.3 is 6.36 Å². The lowest BCUT2D eigenvalue weighted by Gasteiger charge is -2.33. The summed E-state index contributed by atoms with van der Waals surface area (Å²) in [5.41, 5.74) is 1.12. The molecule has 1 saturated heterocycles. The lowest BCUT2D eigenvalue weighted by molar-refractivity contribution is -0.274. The van der Waals surface area contributed by atoms with Crippen molar-refractivity contribution >= 4 is 5.91 Å². The standard InChI is InChI=1S/C21H22F3NO4/c1-27-17-7-3-6-16(12-17)20(26)25-10-4-9-19(13-25)28-14-15-5-2-8-18(11-15)29-21(22,23)24/h2-3,5-8,11-12,19H,4,9-10,13-14H2,1H3/t19-/m0/s1. The van der Waals surface area contributed by atoms with Gasteiger partial charge in [-0.2, -0.15) is 0 Å². The SMILES string of the molecule is COc1cccc(C(=O)N2CCC[C@H](OCc3cccc(OC(F)(F)F)c3)C2)c1. The summed E-state index contributed by atoms with van der Waals surface area (Å²) in [5.74, 6) is 0.233. The highest BCUT2D eigenvalue weighted by Crippen LogP contribution is 2.24. The van der Waals surface area contributed by atoms with Gasteiger partial charge in [0.1, 0.15) is 11.5 Å². The van der Waals surface area contributed by atoms with E-state index in [9.17, 15) is 18.0 Å². The Balaban J connectivity index is 1.57. The number of alkyl halides is 3. The van der Waals surface area contributed by atoms with Gasteiger partial charge in [-0.1, -0.05) is 18.2 Å². The monoisotopic (exact) mass is 409 g/mol. The van der Waals surface area contributed by atoms with Crippen molar-refractivity contribution in [1.82, 2.24) is 4.90 Å². The third-order valence-corrected chi connectivity index (χ3v) is 4.60. The molecule has 1 aliphatic heterocycles. The number of rotatable bonds is 6. The van der Waals surface area contributed by atoms with Crippen molar-refractivity contribution in [2.24, 2.45) is 0 Å². The fourth-order valence-electron chi connectivity index (χ4n) is 3.24. The quantitative estimate of drug-likeness (QED) is 0.709. The van der Waals surface area contributed by atoms with Gasteiger partial charge in [-0.25, -0.2) is 0 Å². The van der Waals surface area contributed by atoms with Crippen LogP contribution in [0.2, 0.25) is 0 Å². The molecule has 1 amide bonds. The zero-order chi connectivity index (χ0) is 20.9. The van der Waals surface area contributed by atoms with E-state index in [-0.39, 0.29) is 24.4 Å².